The number of rotatable bonds is 12. The van der Waals surface area contributed by atoms with Crippen molar-refractivity contribution in [1.29, 1.82) is 0 Å². The molecule has 0 atom stereocenters. The topological polar surface area (TPSA) is 128 Å². The van der Waals surface area contributed by atoms with E-state index in [-0.39, 0.29) is 17.4 Å². The van der Waals surface area contributed by atoms with Crippen LogP contribution in [0.4, 0.5) is 11.4 Å². The van der Waals surface area contributed by atoms with E-state index in [1.807, 2.05) is 0 Å². The van der Waals surface area contributed by atoms with Gasteiger partial charge in [0.15, 0.2) is 11.5 Å². The molecule has 0 spiro atoms. The van der Waals surface area contributed by atoms with Crippen molar-refractivity contribution in [2.24, 2.45) is 0 Å². The maximum atomic E-state index is 13.4. The third kappa shape index (κ3) is 8.60. The average molecular weight is 599 g/mol. The second-order valence-corrected chi connectivity index (χ2v) is 9.94. The molecule has 0 unspecified atom stereocenters. The number of nitrogens with zero attached hydrogens (tertiary/aromatic N) is 1. The summed E-state index contributed by atoms with van der Waals surface area (Å²) in [5, 5.41) is 8.34. The van der Waals surface area contributed by atoms with E-state index in [2.05, 4.69) is 20.9 Å². The molecule has 43 heavy (non-hydrogen) atoms. The lowest BCUT2D eigenvalue weighted by Crippen LogP contribution is -2.30. The van der Waals surface area contributed by atoms with Crippen molar-refractivity contribution in [3.8, 4) is 17.2 Å². The Morgan fingerprint density at radius 1 is 0.791 bits per heavy atom. The number of benzene rings is 3. The highest BCUT2D eigenvalue weighted by molar-refractivity contribution is 8.00. The average Bonchev–Trinajstić information content (AvgIpc) is 3.04. The van der Waals surface area contributed by atoms with Crippen LogP contribution >= 0.6 is 11.8 Å². The van der Waals surface area contributed by atoms with Crippen LogP contribution < -0.4 is 30.2 Å². The predicted molar refractivity (Wildman–Crippen MR) is 167 cm³/mol. The van der Waals surface area contributed by atoms with E-state index in [1.54, 1.807) is 91.3 Å². The highest BCUT2D eigenvalue weighted by Gasteiger charge is 2.18. The molecule has 0 radical (unpaired) electrons. The minimum absolute atomic E-state index is 0.00522. The van der Waals surface area contributed by atoms with Gasteiger partial charge in [-0.2, -0.15) is 0 Å². The molecule has 0 saturated heterocycles. The molecular formula is C32H30N4O6S. The van der Waals surface area contributed by atoms with Crippen molar-refractivity contribution in [2.75, 3.05) is 37.7 Å². The van der Waals surface area contributed by atoms with Gasteiger partial charge in [-0.05, 0) is 72.3 Å². The van der Waals surface area contributed by atoms with Crippen molar-refractivity contribution in [3.05, 3.63) is 108 Å². The van der Waals surface area contributed by atoms with Crippen LogP contribution in [0.15, 0.2) is 102 Å². The first-order valence-corrected chi connectivity index (χ1v) is 14.0. The van der Waals surface area contributed by atoms with Crippen molar-refractivity contribution in [3.63, 3.8) is 0 Å². The monoisotopic (exact) mass is 598 g/mol. The zero-order chi connectivity index (χ0) is 30.6. The summed E-state index contributed by atoms with van der Waals surface area (Å²) < 4.78 is 16.3. The van der Waals surface area contributed by atoms with Gasteiger partial charge in [0, 0.05) is 34.2 Å². The molecule has 0 fully saturated rings. The first-order chi connectivity index (χ1) is 20.9. The minimum atomic E-state index is -0.546. The molecule has 4 rings (SSSR count). The van der Waals surface area contributed by atoms with E-state index in [0.29, 0.717) is 39.8 Å². The van der Waals surface area contributed by atoms with Crippen molar-refractivity contribution in [2.45, 2.75) is 4.90 Å². The number of aromatic nitrogens is 1. The van der Waals surface area contributed by atoms with Crippen LogP contribution in [0, 0.1) is 0 Å². The van der Waals surface area contributed by atoms with Crippen LogP contribution in [0.25, 0.3) is 6.08 Å². The van der Waals surface area contributed by atoms with E-state index >= 15 is 0 Å². The van der Waals surface area contributed by atoms with E-state index in [1.165, 1.54) is 39.2 Å². The Bertz CT molecular complexity index is 1570. The largest absolute Gasteiger partial charge is 0.493 e. The van der Waals surface area contributed by atoms with Crippen LogP contribution in [-0.2, 0) is 9.59 Å². The Morgan fingerprint density at radius 2 is 1.42 bits per heavy atom. The standard InChI is InChI=1S/C32H30N4O6S/c1-40-27-18-21(19-28(41-2)30(27)42-3)17-26(36-31(38)22-7-5-4-6-8-22)32(39)35-23-9-11-25(12-10-23)43-20-29(37)34-24-13-15-33-16-14-24/h4-19H,20H2,1-3H3,(H,35,39)(H,36,38)(H,33,34,37)/b26-17-. The highest BCUT2D eigenvalue weighted by atomic mass is 32.2. The number of methoxy groups -OCH3 is 3. The predicted octanol–water partition coefficient (Wildman–Crippen LogP) is 5.25. The van der Waals surface area contributed by atoms with E-state index in [9.17, 15) is 14.4 Å². The lowest BCUT2D eigenvalue weighted by Gasteiger charge is -2.15. The number of hydrogen-bond acceptors (Lipinski definition) is 8. The number of carbonyl (C=O) groups excluding carboxylic acids is 3. The Hall–Kier alpha value is -5.29. The van der Waals surface area contributed by atoms with Crippen LogP contribution in [0.5, 0.6) is 17.2 Å². The summed E-state index contributed by atoms with van der Waals surface area (Å²) in [5.74, 6) is 0.246. The number of anilines is 2. The number of hydrogen-bond donors (Lipinski definition) is 3. The zero-order valence-corrected chi connectivity index (χ0v) is 24.6. The summed E-state index contributed by atoms with van der Waals surface area (Å²) in [7, 11) is 4.48. The van der Waals surface area contributed by atoms with Gasteiger partial charge in [-0.25, -0.2) is 0 Å². The number of thioether (sulfide) groups is 1. The number of carbonyl (C=O) groups is 3. The lowest BCUT2D eigenvalue weighted by molar-refractivity contribution is -0.114. The number of ether oxygens (including phenoxy) is 3. The van der Waals surface area contributed by atoms with Crippen LogP contribution in [0.3, 0.4) is 0 Å². The number of amides is 3. The third-order valence-electron chi connectivity index (χ3n) is 5.97. The summed E-state index contributed by atoms with van der Waals surface area (Å²) in [4.78, 5) is 43.5. The molecule has 4 aromatic rings. The van der Waals surface area contributed by atoms with Crippen molar-refractivity contribution in [1.82, 2.24) is 10.3 Å². The summed E-state index contributed by atoms with van der Waals surface area (Å²) in [5.41, 5.74) is 2.09. The van der Waals surface area contributed by atoms with Crippen molar-refractivity contribution < 1.29 is 28.6 Å². The summed E-state index contributed by atoms with van der Waals surface area (Å²) in [6.45, 7) is 0. The highest BCUT2D eigenvalue weighted by Crippen LogP contribution is 2.38. The first kappa shape index (κ1) is 30.7. The smallest absolute Gasteiger partial charge is 0.272 e. The molecule has 220 valence electrons. The number of nitrogens with one attached hydrogen (secondary N) is 3. The van der Waals surface area contributed by atoms with Crippen LogP contribution in [0.1, 0.15) is 15.9 Å². The van der Waals surface area contributed by atoms with E-state index in [4.69, 9.17) is 14.2 Å². The van der Waals surface area contributed by atoms with E-state index in [0.717, 1.165) is 4.90 Å². The van der Waals surface area contributed by atoms with Gasteiger partial charge >= 0.3 is 0 Å². The third-order valence-corrected chi connectivity index (χ3v) is 6.99. The fourth-order valence-corrected chi connectivity index (χ4v) is 4.61. The summed E-state index contributed by atoms with van der Waals surface area (Å²) in [6, 6.07) is 22.4. The molecule has 0 aliphatic heterocycles. The summed E-state index contributed by atoms with van der Waals surface area (Å²) >= 11 is 1.36. The summed E-state index contributed by atoms with van der Waals surface area (Å²) in [6.07, 6.45) is 4.73. The van der Waals surface area contributed by atoms with Gasteiger partial charge in [0.2, 0.25) is 11.7 Å². The Kier molecular flexibility index (Phi) is 10.8. The van der Waals surface area contributed by atoms with Crippen LogP contribution in [0.2, 0.25) is 0 Å². The maximum absolute atomic E-state index is 13.4. The molecule has 3 amide bonds. The molecule has 1 aromatic heterocycles. The lowest BCUT2D eigenvalue weighted by atomic mass is 10.1. The van der Waals surface area contributed by atoms with Gasteiger partial charge in [-0.15, -0.1) is 11.8 Å². The minimum Gasteiger partial charge on any atom is -0.493 e. The normalized spacial score (nSPS) is 10.8. The fraction of sp³-hybridized carbons (Fsp3) is 0.125. The molecular weight excluding hydrogens is 568 g/mol. The Labute approximate surface area is 253 Å². The van der Waals surface area contributed by atoms with Gasteiger partial charge in [0.05, 0.1) is 27.1 Å². The van der Waals surface area contributed by atoms with Gasteiger partial charge in [0.1, 0.15) is 5.70 Å². The molecule has 3 N–H and O–H groups in total. The molecule has 0 saturated carbocycles. The quantitative estimate of drug-likeness (QED) is 0.149. The van der Waals surface area contributed by atoms with Gasteiger partial charge < -0.3 is 30.2 Å². The number of pyridine rings is 1. The molecule has 1 heterocycles. The maximum Gasteiger partial charge on any atom is 0.272 e. The SMILES string of the molecule is COc1cc(/C=C(\NC(=O)c2ccccc2)C(=O)Nc2ccc(SCC(=O)Nc3ccncc3)cc2)cc(OC)c1OC. The molecule has 10 nitrogen and oxygen atoms in total. The van der Waals surface area contributed by atoms with Crippen LogP contribution in [-0.4, -0.2) is 49.8 Å². The zero-order valence-electron chi connectivity index (χ0n) is 23.7. The molecule has 0 aliphatic rings. The Balaban J connectivity index is 1.50. The van der Waals surface area contributed by atoms with Gasteiger partial charge in [-0.1, -0.05) is 18.2 Å². The second kappa shape index (κ2) is 15.1. The Morgan fingerprint density at radius 3 is 2.02 bits per heavy atom. The van der Waals surface area contributed by atoms with E-state index < -0.39 is 11.8 Å². The molecule has 0 aliphatic carbocycles. The molecule has 3 aromatic carbocycles. The fourth-order valence-electron chi connectivity index (χ4n) is 3.91. The van der Waals surface area contributed by atoms with Crippen molar-refractivity contribution >= 4 is 46.9 Å². The van der Waals surface area contributed by atoms with Gasteiger partial charge in [0.25, 0.3) is 11.8 Å². The van der Waals surface area contributed by atoms with Gasteiger partial charge in [-0.3, -0.25) is 19.4 Å². The molecule has 11 heteroatoms. The first-order valence-electron chi connectivity index (χ1n) is 13.0. The second-order valence-electron chi connectivity index (χ2n) is 8.89. The molecule has 0 bridgehead atoms.